The summed E-state index contributed by atoms with van der Waals surface area (Å²) in [5.74, 6) is 0.296. The van der Waals surface area contributed by atoms with E-state index in [2.05, 4.69) is 31.9 Å². The molecule has 18 heavy (non-hydrogen) atoms. The molecule has 2 nitrogen and oxygen atoms in total. The molecule has 0 saturated carbocycles. The van der Waals surface area contributed by atoms with E-state index >= 15 is 0 Å². The lowest BCUT2D eigenvalue weighted by Crippen LogP contribution is -1.91. The zero-order valence-electron chi connectivity index (χ0n) is 8.95. The maximum Gasteiger partial charge on any atom is 0.146 e. The van der Waals surface area contributed by atoms with Crippen molar-refractivity contribution in [3.63, 3.8) is 0 Å². The van der Waals surface area contributed by atoms with Crippen LogP contribution in [-0.4, -0.2) is 0 Å². The fourth-order valence-electron chi connectivity index (χ4n) is 1.37. The molecule has 0 aliphatic heterocycles. The van der Waals surface area contributed by atoms with Gasteiger partial charge in [0.1, 0.15) is 28.9 Å². The lowest BCUT2D eigenvalue weighted by molar-refractivity contribution is 0.472. The predicted octanol–water partition coefficient (Wildman–Crippen LogP) is 5.01. The van der Waals surface area contributed by atoms with Crippen molar-refractivity contribution in [3.8, 4) is 17.6 Å². The van der Waals surface area contributed by atoms with Gasteiger partial charge >= 0.3 is 0 Å². The number of rotatable bonds is 2. The summed E-state index contributed by atoms with van der Waals surface area (Å²) in [7, 11) is 0. The monoisotopic (exact) mass is 369 g/mol. The normalized spacial score (nSPS) is 9.89. The summed E-state index contributed by atoms with van der Waals surface area (Å²) in [5.41, 5.74) is 0.369. The van der Waals surface area contributed by atoms with Crippen molar-refractivity contribution < 1.29 is 9.13 Å². The van der Waals surface area contributed by atoms with Crippen LogP contribution in [0.15, 0.2) is 45.3 Å². The Morgan fingerprint density at radius 2 is 1.83 bits per heavy atom. The summed E-state index contributed by atoms with van der Waals surface area (Å²) in [6, 6.07) is 11.3. The highest BCUT2D eigenvalue weighted by molar-refractivity contribution is 9.10. The molecule has 0 fully saturated rings. The average Bonchev–Trinajstić information content (AvgIpc) is 2.34. The van der Waals surface area contributed by atoms with Gasteiger partial charge < -0.3 is 4.74 Å². The second-order valence-corrected chi connectivity index (χ2v) is 5.11. The molecule has 0 bridgehead atoms. The topological polar surface area (TPSA) is 33.0 Å². The van der Waals surface area contributed by atoms with Gasteiger partial charge in [-0.3, -0.25) is 0 Å². The molecule has 0 N–H and O–H groups in total. The van der Waals surface area contributed by atoms with Crippen LogP contribution >= 0.6 is 31.9 Å². The van der Waals surface area contributed by atoms with Gasteiger partial charge in [-0.05, 0) is 56.1 Å². The van der Waals surface area contributed by atoms with E-state index in [1.54, 1.807) is 24.3 Å². The predicted molar refractivity (Wildman–Crippen MR) is 73.0 cm³/mol. The van der Waals surface area contributed by atoms with Crippen molar-refractivity contribution in [1.82, 2.24) is 0 Å². The van der Waals surface area contributed by atoms with Crippen LogP contribution in [0.1, 0.15) is 5.56 Å². The summed E-state index contributed by atoms with van der Waals surface area (Å²) in [5, 5.41) is 9.06. The van der Waals surface area contributed by atoms with E-state index in [0.29, 0.717) is 26.0 Å². The first kappa shape index (κ1) is 13.1. The second-order valence-electron chi connectivity index (χ2n) is 3.40. The number of hydrogen-bond donors (Lipinski definition) is 0. The van der Waals surface area contributed by atoms with Gasteiger partial charge in [0, 0.05) is 10.5 Å². The number of benzene rings is 2. The first-order valence-electron chi connectivity index (χ1n) is 4.93. The highest BCUT2D eigenvalue weighted by atomic mass is 79.9. The lowest BCUT2D eigenvalue weighted by Gasteiger charge is -2.09. The molecule has 0 atom stereocenters. The fraction of sp³-hybridized carbons (Fsp3) is 0. The molecule has 0 aromatic heterocycles. The largest absolute Gasteiger partial charge is 0.455 e. The fourth-order valence-corrected chi connectivity index (χ4v) is 2.14. The molecule has 0 aliphatic carbocycles. The molecule has 0 radical (unpaired) electrons. The Morgan fingerprint density at radius 3 is 2.56 bits per heavy atom. The van der Waals surface area contributed by atoms with Crippen molar-refractivity contribution >= 4 is 31.9 Å². The molecule has 90 valence electrons. The van der Waals surface area contributed by atoms with Gasteiger partial charge in [-0.2, -0.15) is 5.26 Å². The third-order valence-electron chi connectivity index (χ3n) is 2.20. The van der Waals surface area contributed by atoms with Crippen LogP contribution in [0.4, 0.5) is 4.39 Å². The quantitative estimate of drug-likeness (QED) is 0.743. The lowest BCUT2D eigenvalue weighted by atomic mass is 10.2. The minimum absolute atomic E-state index is 0.324. The molecular formula is C13H6Br2FNO. The number of halogens is 3. The first-order valence-corrected chi connectivity index (χ1v) is 6.52. The molecule has 2 aromatic rings. The molecule has 0 amide bonds. The Labute approximate surface area is 120 Å². The summed E-state index contributed by atoms with van der Waals surface area (Å²) in [4.78, 5) is 0. The maximum atomic E-state index is 13.1. The van der Waals surface area contributed by atoms with E-state index in [0.717, 1.165) is 0 Å². The number of nitrogens with zero attached hydrogens (tertiary/aromatic N) is 1. The Balaban J connectivity index is 2.44. The molecule has 0 unspecified atom stereocenters. The summed E-state index contributed by atoms with van der Waals surface area (Å²) in [6.07, 6.45) is 0. The van der Waals surface area contributed by atoms with E-state index in [4.69, 9.17) is 10.00 Å². The summed E-state index contributed by atoms with van der Waals surface area (Å²) < 4.78 is 19.9. The van der Waals surface area contributed by atoms with Crippen LogP contribution in [0.5, 0.6) is 11.5 Å². The molecule has 0 aliphatic rings. The molecule has 2 aromatic carbocycles. The minimum atomic E-state index is -0.401. The van der Waals surface area contributed by atoms with Gasteiger partial charge in [-0.15, -0.1) is 0 Å². The van der Waals surface area contributed by atoms with E-state index in [1.807, 2.05) is 6.07 Å². The van der Waals surface area contributed by atoms with Gasteiger partial charge in [0.25, 0.3) is 0 Å². The van der Waals surface area contributed by atoms with Crippen LogP contribution < -0.4 is 4.74 Å². The third-order valence-corrected chi connectivity index (χ3v) is 3.52. The van der Waals surface area contributed by atoms with Gasteiger partial charge in [-0.1, -0.05) is 6.07 Å². The maximum absolute atomic E-state index is 13.1. The van der Waals surface area contributed by atoms with Gasteiger partial charge in [0.15, 0.2) is 0 Å². The van der Waals surface area contributed by atoms with Gasteiger partial charge in [-0.25, -0.2) is 4.39 Å². The van der Waals surface area contributed by atoms with Crippen LogP contribution in [0.3, 0.4) is 0 Å². The molecule has 5 heteroatoms. The zero-order valence-corrected chi connectivity index (χ0v) is 12.1. The molecule has 0 spiro atoms. The van der Waals surface area contributed by atoms with Gasteiger partial charge in [0.2, 0.25) is 0 Å². The van der Waals surface area contributed by atoms with Crippen molar-refractivity contribution in [3.05, 3.63) is 56.7 Å². The smallest absolute Gasteiger partial charge is 0.146 e. The van der Waals surface area contributed by atoms with Crippen LogP contribution in [-0.2, 0) is 0 Å². The second kappa shape index (κ2) is 5.51. The highest BCUT2D eigenvalue weighted by Crippen LogP contribution is 2.34. The minimum Gasteiger partial charge on any atom is -0.455 e. The molecule has 2 rings (SSSR count). The summed E-state index contributed by atoms with van der Waals surface area (Å²) in [6.45, 7) is 0. The third kappa shape index (κ3) is 2.71. The molecular weight excluding hydrogens is 365 g/mol. The number of hydrogen-bond acceptors (Lipinski definition) is 2. The first-order chi connectivity index (χ1) is 8.61. The zero-order chi connectivity index (χ0) is 13.1. The van der Waals surface area contributed by atoms with Crippen LogP contribution in [0.25, 0.3) is 0 Å². The van der Waals surface area contributed by atoms with Crippen molar-refractivity contribution in [2.75, 3.05) is 0 Å². The standard InChI is InChI=1S/C13H6Br2FNO/c14-10-2-1-3-12(9(10)7-17)18-13-6-8(16)4-5-11(13)15/h1-6H. The Hall–Kier alpha value is -1.38. The van der Waals surface area contributed by atoms with Crippen molar-refractivity contribution in [1.29, 1.82) is 5.26 Å². The van der Waals surface area contributed by atoms with E-state index < -0.39 is 5.82 Å². The Kier molecular flexibility index (Phi) is 4.00. The van der Waals surface area contributed by atoms with Crippen molar-refractivity contribution in [2.45, 2.75) is 0 Å². The highest BCUT2D eigenvalue weighted by Gasteiger charge is 2.10. The number of ether oxygens (including phenoxy) is 1. The molecule has 0 saturated heterocycles. The van der Waals surface area contributed by atoms with Gasteiger partial charge in [0.05, 0.1) is 4.47 Å². The van der Waals surface area contributed by atoms with Crippen LogP contribution in [0, 0.1) is 17.1 Å². The van der Waals surface area contributed by atoms with Crippen LogP contribution in [0.2, 0.25) is 0 Å². The van der Waals surface area contributed by atoms with E-state index in [-0.39, 0.29) is 0 Å². The summed E-state index contributed by atoms with van der Waals surface area (Å²) >= 11 is 6.53. The Morgan fingerprint density at radius 1 is 1.06 bits per heavy atom. The van der Waals surface area contributed by atoms with Crippen molar-refractivity contribution in [2.24, 2.45) is 0 Å². The number of nitriles is 1. The molecule has 0 heterocycles. The van der Waals surface area contributed by atoms with E-state index in [1.165, 1.54) is 12.1 Å². The Bertz CT molecular complexity index is 637. The average molecular weight is 371 g/mol. The van der Waals surface area contributed by atoms with E-state index in [9.17, 15) is 4.39 Å². The SMILES string of the molecule is N#Cc1c(Br)cccc1Oc1cc(F)ccc1Br.